The van der Waals surface area contributed by atoms with Crippen LogP contribution < -0.4 is 5.32 Å². The third-order valence-corrected chi connectivity index (χ3v) is 5.49. The summed E-state index contributed by atoms with van der Waals surface area (Å²) in [5.41, 5.74) is 0.927. The Hall–Kier alpha value is -0.690. The zero-order valence-corrected chi connectivity index (χ0v) is 13.7. The Morgan fingerprint density at radius 1 is 1.42 bits per heavy atom. The second-order valence-corrected chi connectivity index (χ2v) is 8.07. The lowest BCUT2D eigenvalue weighted by atomic mass is 10.2. The van der Waals surface area contributed by atoms with Gasteiger partial charge in [-0.15, -0.1) is 0 Å². The van der Waals surface area contributed by atoms with Crippen molar-refractivity contribution in [3.05, 3.63) is 16.0 Å². The van der Waals surface area contributed by atoms with Crippen LogP contribution in [0.4, 0.5) is 5.82 Å². The molecule has 0 bridgehead atoms. The van der Waals surface area contributed by atoms with Gasteiger partial charge in [-0.1, -0.05) is 0 Å². The number of anilines is 1. The minimum atomic E-state index is -3.19. The molecule has 0 radical (unpaired) electrons. The summed E-state index contributed by atoms with van der Waals surface area (Å²) >= 11 is 3.52. The topological polar surface area (TPSA) is 72.0 Å². The molecule has 1 aliphatic rings. The molecule has 1 saturated carbocycles. The number of nitrogens with zero attached hydrogens (tertiary/aromatic N) is 2. The molecule has 2 rings (SSSR count). The summed E-state index contributed by atoms with van der Waals surface area (Å²) < 4.78 is 24.2. The van der Waals surface area contributed by atoms with Gasteiger partial charge >= 0.3 is 0 Å². The molecule has 7 heteroatoms. The first kappa shape index (κ1) is 14.7. The van der Waals surface area contributed by atoms with Gasteiger partial charge in [0.1, 0.15) is 16.9 Å². The van der Waals surface area contributed by atoms with Crippen molar-refractivity contribution < 1.29 is 8.42 Å². The van der Waals surface area contributed by atoms with E-state index >= 15 is 0 Å². The van der Waals surface area contributed by atoms with Crippen molar-refractivity contribution in [1.82, 2.24) is 9.97 Å². The SMILES string of the molecule is CCNc1nc(C(C)S(C)(=O)=O)nc(C2CC2)c1Br. The number of nitrogens with one attached hydrogen (secondary N) is 1. The minimum absolute atomic E-state index is 0.378. The highest BCUT2D eigenvalue weighted by molar-refractivity contribution is 9.10. The Bertz CT molecular complexity index is 585. The second kappa shape index (κ2) is 5.36. The largest absolute Gasteiger partial charge is 0.369 e. The standard InChI is InChI=1S/C12H18BrN3O2S/c1-4-14-12-9(13)10(8-5-6-8)15-11(16-12)7(2)19(3,17)18/h7-8H,4-6H2,1-3H3,(H,14,15,16). The number of sulfone groups is 1. The number of hydrogen-bond acceptors (Lipinski definition) is 5. The molecule has 1 aromatic rings. The van der Waals surface area contributed by atoms with Crippen molar-refractivity contribution in [2.75, 3.05) is 18.1 Å². The monoisotopic (exact) mass is 347 g/mol. The normalized spacial score (nSPS) is 17.3. The maximum Gasteiger partial charge on any atom is 0.157 e. The molecule has 1 aliphatic carbocycles. The highest BCUT2D eigenvalue weighted by Gasteiger charge is 2.31. The smallest absolute Gasteiger partial charge is 0.157 e. The van der Waals surface area contributed by atoms with E-state index in [1.165, 1.54) is 6.26 Å². The Morgan fingerprint density at radius 3 is 2.53 bits per heavy atom. The molecule has 1 fully saturated rings. The molecule has 1 unspecified atom stereocenters. The molecule has 1 N–H and O–H groups in total. The van der Waals surface area contributed by atoms with Gasteiger partial charge in [-0.25, -0.2) is 18.4 Å². The van der Waals surface area contributed by atoms with Crippen molar-refractivity contribution in [3.8, 4) is 0 Å². The van der Waals surface area contributed by atoms with Crippen molar-refractivity contribution in [3.63, 3.8) is 0 Å². The van der Waals surface area contributed by atoms with Gasteiger partial charge in [0.05, 0.1) is 10.2 Å². The van der Waals surface area contributed by atoms with E-state index in [9.17, 15) is 8.42 Å². The van der Waals surface area contributed by atoms with E-state index in [0.717, 1.165) is 29.6 Å². The van der Waals surface area contributed by atoms with Crippen LogP contribution in [-0.2, 0) is 9.84 Å². The lowest BCUT2D eigenvalue weighted by Crippen LogP contribution is -2.15. The summed E-state index contributed by atoms with van der Waals surface area (Å²) in [5, 5.41) is 2.47. The van der Waals surface area contributed by atoms with Gasteiger partial charge in [0.25, 0.3) is 0 Å². The van der Waals surface area contributed by atoms with E-state index in [2.05, 4.69) is 31.2 Å². The van der Waals surface area contributed by atoms with Crippen LogP contribution in [0.15, 0.2) is 4.47 Å². The summed E-state index contributed by atoms with van der Waals surface area (Å²) in [7, 11) is -3.19. The zero-order chi connectivity index (χ0) is 14.2. The summed E-state index contributed by atoms with van der Waals surface area (Å²) in [6.07, 6.45) is 3.43. The molecule has 5 nitrogen and oxygen atoms in total. The van der Waals surface area contributed by atoms with Gasteiger partial charge < -0.3 is 5.32 Å². The Labute approximate surface area is 122 Å². The number of rotatable bonds is 5. The van der Waals surface area contributed by atoms with Crippen LogP contribution >= 0.6 is 15.9 Å². The highest BCUT2D eigenvalue weighted by atomic mass is 79.9. The van der Waals surface area contributed by atoms with E-state index < -0.39 is 15.1 Å². The van der Waals surface area contributed by atoms with Crippen LogP contribution in [-0.4, -0.2) is 31.2 Å². The third-order valence-electron chi connectivity index (χ3n) is 3.21. The van der Waals surface area contributed by atoms with Crippen LogP contribution in [0.25, 0.3) is 0 Å². The van der Waals surface area contributed by atoms with Crippen LogP contribution in [0, 0.1) is 0 Å². The minimum Gasteiger partial charge on any atom is -0.369 e. The summed E-state index contributed by atoms with van der Waals surface area (Å²) in [4.78, 5) is 8.82. The molecular formula is C12H18BrN3O2S. The molecule has 0 aliphatic heterocycles. The first-order chi connectivity index (χ1) is 8.84. The Kier molecular flexibility index (Phi) is 4.15. The van der Waals surface area contributed by atoms with Crippen LogP contribution in [0.5, 0.6) is 0 Å². The lowest BCUT2D eigenvalue weighted by molar-refractivity contribution is 0.588. The highest BCUT2D eigenvalue weighted by Crippen LogP contribution is 2.44. The third kappa shape index (κ3) is 3.25. The van der Waals surface area contributed by atoms with E-state index in [-0.39, 0.29) is 0 Å². The summed E-state index contributed by atoms with van der Waals surface area (Å²) in [6, 6.07) is 0. The molecule has 1 atom stereocenters. The van der Waals surface area contributed by atoms with Gasteiger partial charge in [-0.05, 0) is 42.6 Å². The molecule has 1 heterocycles. The van der Waals surface area contributed by atoms with Crippen molar-refractivity contribution >= 4 is 31.6 Å². The molecule has 0 aromatic carbocycles. The fraction of sp³-hybridized carbons (Fsp3) is 0.667. The molecule has 1 aromatic heterocycles. The van der Waals surface area contributed by atoms with E-state index in [1.54, 1.807) is 6.92 Å². The second-order valence-electron chi connectivity index (χ2n) is 4.91. The van der Waals surface area contributed by atoms with E-state index in [0.29, 0.717) is 17.6 Å². The van der Waals surface area contributed by atoms with Gasteiger partial charge in [0, 0.05) is 18.7 Å². The average molecular weight is 348 g/mol. The van der Waals surface area contributed by atoms with Crippen LogP contribution in [0.2, 0.25) is 0 Å². The predicted molar refractivity (Wildman–Crippen MR) is 79.1 cm³/mol. The van der Waals surface area contributed by atoms with Gasteiger partial charge in [-0.3, -0.25) is 0 Å². The predicted octanol–water partition coefficient (Wildman–Crippen LogP) is 2.65. The first-order valence-corrected chi connectivity index (χ1v) is 9.09. The van der Waals surface area contributed by atoms with E-state index in [1.807, 2.05) is 6.92 Å². The molecule has 19 heavy (non-hydrogen) atoms. The fourth-order valence-corrected chi connectivity index (χ4v) is 2.90. The maximum atomic E-state index is 11.7. The van der Waals surface area contributed by atoms with Crippen LogP contribution in [0.1, 0.15) is 49.4 Å². The zero-order valence-electron chi connectivity index (χ0n) is 11.3. The lowest BCUT2D eigenvalue weighted by Gasteiger charge is -2.14. The number of halogens is 1. The maximum absolute atomic E-state index is 11.7. The molecular weight excluding hydrogens is 330 g/mol. The number of hydrogen-bond donors (Lipinski definition) is 1. The Morgan fingerprint density at radius 2 is 2.05 bits per heavy atom. The molecule has 106 valence electrons. The van der Waals surface area contributed by atoms with Crippen LogP contribution in [0.3, 0.4) is 0 Å². The molecule has 0 saturated heterocycles. The Balaban J connectivity index is 2.49. The van der Waals surface area contributed by atoms with E-state index in [4.69, 9.17) is 0 Å². The molecule has 0 spiro atoms. The summed E-state index contributed by atoms with van der Waals surface area (Å²) in [6.45, 7) is 4.34. The van der Waals surface area contributed by atoms with Gasteiger partial charge in [-0.2, -0.15) is 0 Å². The van der Waals surface area contributed by atoms with Gasteiger partial charge in [0.15, 0.2) is 9.84 Å². The quantitative estimate of drug-likeness (QED) is 0.886. The fourth-order valence-electron chi connectivity index (χ4n) is 1.77. The summed E-state index contributed by atoms with van der Waals surface area (Å²) in [5.74, 6) is 1.49. The first-order valence-electron chi connectivity index (χ1n) is 6.34. The van der Waals surface area contributed by atoms with Crippen molar-refractivity contribution in [1.29, 1.82) is 0 Å². The average Bonchev–Trinajstić information content (AvgIpc) is 3.14. The van der Waals surface area contributed by atoms with Gasteiger partial charge in [0.2, 0.25) is 0 Å². The van der Waals surface area contributed by atoms with Crippen molar-refractivity contribution in [2.24, 2.45) is 0 Å². The molecule has 0 amide bonds. The van der Waals surface area contributed by atoms with Crippen molar-refractivity contribution in [2.45, 2.75) is 37.9 Å². The number of aromatic nitrogens is 2.